The Kier molecular flexibility index (Phi) is 44000. The minimum absolute atomic E-state index is 0. The zero-order valence-electron chi connectivity index (χ0n) is 8.09. The molecule has 15 heavy (non-hydrogen) atoms. The molecule has 0 amide bonds. The summed E-state index contributed by atoms with van der Waals surface area (Å²) in [6, 6.07) is 0. The minimum atomic E-state index is 0. The number of rotatable bonds is 0. The molecule has 0 aromatic rings. The number of hydrogen-bond donors (Lipinski definition) is 0. The third-order valence-corrected chi connectivity index (χ3v) is 0. The smallest absolute Gasteiger partial charge is 0.512 e. The Morgan fingerprint density at radius 3 is 0.333 bits per heavy atom. The van der Waals surface area contributed by atoms with Crippen molar-refractivity contribution in [3.63, 3.8) is 0 Å². The van der Waals surface area contributed by atoms with E-state index in [0.717, 1.165) is 0 Å². The second kappa shape index (κ2) is 7530. The number of hydrogen-bond acceptors (Lipinski definition) is 6. The van der Waals surface area contributed by atoms with Crippen LogP contribution in [0.4, 0.5) is 0 Å². The zero-order valence-corrected chi connectivity index (χ0v) is 13.4. The van der Waals surface area contributed by atoms with Gasteiger partial charge in [-0.25, -0.2) is 0 Å². The molecule has 0 bridgehead atoms. The molecule has 0 aliphatic heterocycles. The Morgan fingerprint density at radius 1 is 0.333 bits per heavy atom. The zero-order chi connectivity index (χ0) is 12.0. The second-order valence-electron chi connectivity index (χ2n) is 0. The molecule has 0 aromatic heterocycles. The Hall–Kier alpha value is -0.528. The van der Waals surface area contributed by atoms with Gasteiger partial charge in [0.15, 0.2) is 0 Å². The van der Waals surface area contributed by atoms with Crippen LogP contribution in [0.2, 0.25) is 0 Å². The molecule has 0 N–H and O–H groups in total. The van der Waals surface area contributed by atoms with Gasteiger partial charge in [0.25, 0.3) is 0 Å². The van der Waals surface area contributed by atoms with E-state index >= 15 is 0 Å². The van der Waals surface area contributed by atoms with Crippen LogP contribution in [0.1, 0.15) is 0 Å². The fourth-order valence-electron chi connectivity index (χ4n) is 0. The fourth-order valence-corrected chi connectivity index (χ4v) is 0. The summed E-state index contributed by atoms with van der Waals surface area (Å²) >= 11 is 0. The van der Waals surface area contributed by atoms with Crippen molar-refractivity contribution in [2.75, 3.05) is 0 Å². The first-order chi connectivity index (χ1) is 6.00. The van der Waals surface area contributed by atoms with E-state index in [1.165, 1.54) is 0 Å². The van der Waals surface area contributed by atoms with Crippen LogP contribution in [0.15, 0.2) is 0 Å². The maximum absolute atomic E-state index is 6.25. The van der Waals surface area contributed by atoms with Crippen molar-refractivity contribution in [3.05, 3.63) is 39.4 Å². The largest absolute Gasteiger partial charge is 4.00 e. The molecule has 9 heteroatoms. The van der Waals surface area contributed by atoms with Crippen LogP contribution < -0.4 is 59.1 Å². The molecule has 0 aromatic carbocycles. The third-order valence-electron chi connectivity index (χ3n) is 0. The van der Waals surface area contributed by atoms with Crippen LogP contribution in [0, 0.1) is 71.0 Å². The van der Waals surface area contributed by atoms with Crippen LogP contribution >= 0.6 is 0 Å². The van der Waals surface area contributed by atoms with Crippen molar-refractivity contribution in [3.8, 4) is 0 Å². The van der Waals surface area contributed by atoms with Crippen molar-refractivity contribution in [2.24, 2.45) is 0 Å². The summed E-state index contributed by atoms with van der Waals surface area (Å²) in [6.45, 7) is 28.5. The van der Waals surface area contributed by atoms with Crippen molar-refractivity contribution < 1.29 is 76.5 Å². The van der Waals surface area contributed by atoms with Crippen LogP contribution in [-0.4, -0.2) is 0 Å². The van der Waals surface area contributed by atoms with Crippen molar-refractivity contribution in [1.82, 2.24) is 0 Å². The van der Waals surface area contributed by atoms with Crippen LogP contribution in [0.25, 0.3) is 0 Å². The Morgan fingerprint density at radius 2 is 0.333 bits per heavy atom. The Balaban J connectivity index is -0.00000000396. The summed E-state index contributed by atoms with van der Waals surface area (Å²) in [5.74, 6) is 0. The molecule has 0 atom stereocenters. The fraction of sp³-hybridized carbons (Fsp3) is 0. The topological polar surface area (TPSA) is 143 Å². The molecule has 0 radical (unpaired) electrons. The summed E-state index contributed by atoms with van der Waals surface area (Å²) in [7, 11) is 0. The van der Waals surface area contributed by atoms with E-state index in [1.54, 1.807) is 0 Å². The first-order valence-electron chi connectivity index (χ1n) is 1.34. The van der Waals surface area contributed by atoms with Gasteiger partial charge in [-0.1, -0.05) is 0 Å². The molecule has 62 valence electrons. The van der Waals surface area contributed by atoms with Crippen LogP contribution in [0.3, 0.4) is 0 Å². The first kappa shape index (κ1) is 87.7. The van der Waals surface area contributed by atoms with Gasteiger partial charge in [0.2, 0.25) is 0 Å². The van der Waals surface area contributed by atoms with E-state index in [0.29, 0.717) is 0 Å². The van der Waals surface area contributed by atoms with Gasteiger partial charge in [0, 0.05) is 0 Å². The molecule has 0 fully saturated rings. The SMILES string of the molecule is [C-]#N.[C-]#N.[C-]#N.[C-]#N.[C-]#N.[C-]#N.[Cr+4].[Na+].[Na+]. The standard InChI is InChI=1S/6CN.Cr.2Na/c6*1-2;;;/q6*-1;+4;2*+1. The summed E-state index contributed by atoms with van der Waals surface area (Å²) in [5.41, 5.74) is 0. The van der Waals surface area contributed by atoms with E-state index in [4.69, 9.17) is 71.0 Å². The summed E-state index contributed by atoms with van der Waals surface area (Å²) in [4.78, 5) is 0. The summed E-state index contributed by atoms with van der Waals surface area (Å²) in [6.07, 6.45) is 0. The quantitative estimate of drug-likeness (QED) is 0.311. The van der Waals surface area contributed by atoms with E-state index in [2.05, 4.69) is 0 Å². The van der Waals surface area contributed by atoms with Gasteiger partial charge in [-0.15, -0.1) is 0 Å². The normalized spacial score (nSPS) is 0.800. The van der Waals surface area contributed by atoms with Gasteiger partial charge in [0.1, 0.15) is 0 Å². The van der Waals surface area contributed by atoms with Gasteiger partial charge >= 0.3 is 76.5 Å². The minimum Gasteiger partial charge on any atom is -0.512 e. The van der Waals surface area contributed by atoms with Gasteiger partial charge in [-0.05, 0) is 0 Å². The second-order valence-corrected chi connectivity index (χ2v) is 0. The summed E-state index contributed by atoms with van der Waals surface area (Å²) < 4.78 is 0. The monoisotopic (exact) mass is 254 g/mol. The predicted octanol–water partition coefficient (Wildman–Crippen LogP) is -5.42. The molecule has 0 saturated heterocycles. The molecule has 0 rings (SSSR count). The maximum Gasteiger partial charge on any atom is 4.00 e. The molecule has 0 spiro atoms. The summed E-state index contributed by atoms with van der Waals surface area (Å²) in [5, 5.41) is 37.5. The van der Waals surface area contributed by atoms with Crippen molar-refractivity contribution in [1.29, 1.82) is 31.6 Å². The van der Waals surface area contributed by atoms with Gasteiger partial charge < -0.3 is 71.0 Å². The van der Waals surface area contributed by atoms with E-state index < -0.39 is 0 Å². The third kappa shape index (κ3) is 6370. The predicted molar refractivity (Wildman–Crippen MR) is 29.8 cm³/mol. The van der Waals surface area contributed by atoms with Crippen molar-refractivity contribution >= 4 is 0 Å². The van der Waals surface area contributed by atoms with Crippen molar-refractivity contribution in [2.45, 2.75) is 0 Å². The van der Waals surface area contributed by atoms with Crippen LogP contribution in [-0.2, 0) is 17.4 Å². The van der Waals surface area contributed by atoms with E-state index in [-0.39, 0.29) is 76.5 Å². The van der Waals surface area contributed by atoms with Gasteiger partial charge in [0.05, 0.1) is 0 Å². The van der Waals surface area contributed by atoms with Gasteiger partial charge in [-0.3, -0.25) is 0 Å². The molecule has 0 unspecified atom stereocenters. The molecule has 6 nitrogen and oxygen atoms in total. The van der Waals surface area contributed by atoms with E-state index in [1.807, 2.05) is 0 Å². The Bertz CT molecular complexity index is 101. The molecule has 0 aliphatic rings. The molecular formula is C6CrN6Na2. The first-order valence-corrected chi connectivity index (χ1v) is 1.34. The van der Waals surface area contributed by atoms with Gasteiger partial charge in [-0.2, -0.15) is 0 Å². The maximum atomic E-state index is 6.25. The Labute approximate surface area is 146 Å². The molecular weight excluding hydrogens is 254 g/mol. The number of nitrogens with zero attached hydrogens (tertiary/aromatic N) is 6. The van der Waals surface area contributed by atoms with E-state index in [9.17, 15) is 0 Å². The average Bonchev–Trinajstić information content (AvgIpc) is 2.33. The van der Waals surface area contributed by atoms with Crippen LogP contribution in [0.5, 0.6) is 0 Å². The average molecular weight is 254 g/mol. The molecule has 0 heterocycles. The molecule has 0 aliphatic carbocycles. The molecule has 0 saturated carbocycles.